The lowest BCUT2D eigenvalue weighted by Gasteiger charge is -2.34. The minimum absolute atomic E-state index is 0.531. The molecule has 0 spiro atoms. The van der Waals surface area contributed by atoms with Gasteiger partial charge in [0.1, 0.15) is 22.3 Å². The van der Waals surface area contributed by atoms with E-state index in [9.17, 15) is 0 Å². The Bertz CT molecular complexity index is 3850. The van der Waals surface area contributed by atoms with E-state index in [4.69, 9.17) is 8.83 Å². The molecule has 0 unspecified atom stereocenters. The first-order chi connectivity index (χ1) is 32.3. The lowest BCUT2D eigenvalue weighted by molar-refractivity contribution is 0.668. The summed E-state index contributed by atoms with van der Waals surface area (Å²) in [6.07, 6.45) is 0. The van der Waals surface area contributed by atoms with Gasteiger partial charge in [-0.1, -0.05) is 200 Å². The average Bonchev–Trinajstić information content (AvgIpc) is 4.05. The zero-order chi connectivity index (χ0) is 42.6. The van der Waals surface area contributed by atoms with Crippen molar-refractivity contribution in [3.8, 4) is 44.5 Å². The van der Waals surface area contributed by atoms with Crippen molar-refractivity contribution in [2.45, 2.75) is 5.41 Å². The van der Waals surface area contributed by atoms with Crippen LogP contribution in [0, 0.1) is 0 Å². The number of hydrogen-bond acceptors (Lipinski definition) is 2. The Morgan fingerprint density at radius 2 is 0.646 bits per heavy atom. The molecule has 0 aliphatic heterocycles. The van der Waals surface area contributed by atoms with Gasteiger partial charge in [-0.15, -0.1) is 0 Å². The smallest absolute Gasteiger partial charge is 0.136 e. The highest BCUT2D eigenvalue weighted by molar-refractivity contribution is 6.24. The quantitative estimate of drug-likeness (QED) is 0.162. The summed E-state index contributed by atoms with van der Waals surface area (Å²) < 4.78 is 13.0. The largest absolute Gasteiger partial charge is 0.456 e. The summed E-state index contributed by atoms with van der Waals surface area (Å²) in [5, 5.41) is 9.27. The third-order valence-corrected chi connectivity index (χ3v) is 14.2. The number of fused-ring (bicyclic) bond motifs is 11. The van der Waals surface area contributed by atoms with Gasteiger partial charge in [-0.25, -0.2) is 0 Å². The summed E-state index contributed by atoms with van der Waals surface area (Å²) in [6.45, 7) is 0. The molecule has 1 aliphatic rings. The average molecular weight is 827 g/mol. The van der Waals surface area contributed by atoms with Crippen LogP contribution < -0.4 is 0 Å². The standard InChI is InChI=1S/C63H38O2/c1-3-18-39(19-4-1)63(40-20-5-2-6-21-40)53-32-10-7-22-47(53)60-50(31-15-33-54(60)63)59-45-27-13-25-41(43-29-16-36-57-61(43)48-23-8-11-34-55(48)64-57)51(45)38-52-42(26-14-28-46(52)59)44-30-17-37-58-62(44)49-24-9-12-35-56(49)65-58/h1-38H. The van der Waals surface area contributed by atoms with Crippen LogP contribution in [-0.4, -0.2) is 0 Å². The van der Waals surface area contributed by atoms with E-state index in [1.807, 2.05) is 12.1 Å². The monoisotopic (exact) mass is 826 g/mol. The molecule has 0 saturated carbocycles. The first-order valence-electron chi connectivity index (χ1n) is 22.4. The van der Waals surface area contributed by atoms with Gasteiger partial charge in [0, 0.05) is 21.5 Å². The van der Waals surface area contributed by atoms with Crippen LogP contribution in [0.2, 0.25) is 0 Å². The molecule has 0 saturated heterocycles. The Labute approximate surface area is 375 Å². The normalized spacial score (nSPS) is 13.0. The van der Waals surface area contributed by atoms with E-state index in [0.29, 0.717) is 0 Å². The summed E-state index contributed by atoms with van der Waals surface area (Å²) >= 11 is 0. The maximum atomic E-state index is 6.50. The predicted octanol–water partition coefficient (Wildman–Crippen LogP) is 17.2. The molecule has 2 heterocycles. The van der Waals surface area contributed by atoms with Crippen LogP contribution in [0.4, 0.5) is 0 Å². The van der Waals surface area contributed by atoms with E-state index in [1.54, 1.807) is 0 Å². The minimum atomic E-state index is -0.531. The Kier molecular flexibility index (Phi) is 7.64. The number of furan rings is 2. The molecule has 302 valence electrons. The fraction of sp³-hybridized carbons (Fsp3) is 0.0159. The van der Waals surface area contributed by atoms with Gasteiger partial charge in [-0.2, -0.15) is 0 Å². The molecular weight excluding hydrogens is 789 g/mol. The third-order valence-electron chi connectivity index (χ3n) is 14.2. The lowest BCUT2D eigenvalue weighted by atomic mass is 9.67. The van der Waals surface area contributed by atoms with E-state index < -0.39 is 5.41 Å². The highest BCUT2D eigenvalue weighted by atomic mass is 16.3. The number of rotatable bonds is 5. The molecule has 65 heavy (non-hydrogen) atoms. The van der Waals surface area contributed by atoms with Crippen LogP contribution in [0.1, 0.15) is 22.3 Å². The fourth-order valence-electron chi connectivity index (χ4n) is 11.6. The van der Waals surface area contributed by atoms with Gasteiger partial charge < -0.3 is 8.83 Å². The van der Waals surface area contributed by atoms with E-state index in [-0.39, 0.29) is 0 Å². The van der Waals surface area contributed by atoms with Crippen LogP contribution >= 0.6 is 0 Å². The molecule has 1 aliphatic carbocycles. The topological polar surface area (TPSA) is 26.3 Å². The van der Waals surface area contributed by atoms with Crippen LogP contribution in [-0.2, 0) is 5.41 Å². The van der Waals surface area contributed by atoms with Gasteiger partial charge in [0.15, 0.2) is 0 Å². The third kappa shape index (κ3) is 4.99. The van der Waals surface area contributed by atoms with Crippen molar-refractivity contribution in [2.75, 3.05) is 0 Å². The summed E-state index contributed by atoms with van der Waals surface area (Å²) in [6, 6.07) is 84.3. The van der Waals surface area contributed by atoms with E-state index >= 15 is 0 Å². The number of benzene rings is 11. The van der Waals surface area contributed by atoms with Crippen molar-refractivity contribution in [2.24, 2.45) is 0 Å². The second-order valence-electron chi connectivity index (χ2n) is 17.4. The summed E-state index contributed by atoms with van der Waals surface area (Å²) in [5.41, 5.74) is 17.7. The molecule has 0 radical (unpaired) electrons. The molecule has 11 aromatic carbocycles. The SMILES string of the molecule is c1ccc(C2(c3ccccc3)c3ccccc3-c3c(-c4c5cccc(-c6cccc7oc8ccccc8c67)c5cc5c(-c6cccc7oc8ccccc8c67)cccc45)cccc32)cc1. The van der Waals surface area contributed by atoms with Gasteiger partial charge in [-0.3, -0.25) is 0 Å². The van der Waals surface area contributed by atoms with Crippen molar-refractivity contribution in [3.05, 3.63) is 253 Å². The van der Waals surface area contributed by atoms with Crippen molar-refractivity contribution >= 4 is 65.4 Å². The highest BCUT2D eigenvalue weighted by Crippen LogP contribution is 2.59. The maximum Gasteiger partial charge on any atom is 0.136 e. The second-order valence-corrected chi connectivity index (χ2v) is 17.4. The Hall–Kier alpha value is -8.46. The second kappa shape index (κ2) is 13.8. The molecule has 0 amide bonds. The van der Waals surface area contributed by atoms with Gasteiger partial charge in [0.25, 0.3) is 0 Å². The summed E-state index contributed by atoms with van der Waals surface area (Å²) in [4.78, 5) is 0. The van der Waals surface area contributed by atoms with Crippen LogP contribution in [0.15, 0.2) is 239 Å². The van der Waals surface area contributed by atoms with Crippen LogP contribution in [0.25, 0.3) is 110 Å². The van der Waals surface area contributed by atoms with Gasteiger partial charge in [0.05, 0.1) is 5.41 Å². The van der Waals surface area contributed by atoms with Gasteiger partial charge >= 0.3 is 0 Å². The van der Waals surface area contributed by atoms with Gasteiger partial charge in [0.2, 0.25) is 0 Å². The van der Waals surface area contributed by atoms with Crippen molar-refractivity contribution in [1.82, 2.24) is 0 Å². The van der Waals surface area contributed by atoms with Crippen LogP contribution in [0.3, 0.4) is 0 Å². The fourth-order valence-corrected chi connectivity index (χ4v) is 11.6. The summed E-state index contributed by atoms with van der Waals surface area (Å²) in [7, 11) is 0. The zero-order valence-corrected chi connectivity index (χ0v) is 35.3. The highest BCUT2D eigenvalue weighted by Gasteiger charge is 2.47. The van der Waals surface area contributed by atoms with Crippen LogP contribution in [0.5, 0.6) is 0 Å². The Morgan fingerprint density at radius 1 is 0.246 bits per heavy atom. The van der Waals surface area contributed by atoms with E-state index in [0.717, 1.165) is 55.0 Å². The Morgan fingerprint density at radius 3 is 1.23 bits per heavy atom. The molecule has 0 N–H and O–H groups in total. The van der Waals surface area contributed by atoms with E-state index in [1.165, 1.54) is 77.2 Å². The molecule has 0 atom stereocenters. The first kappa shape index (κ1) is 36.1. The first-order valence-corrected chi connectivity index (χ1v) is 22.4. The molecule has 2 heteroatoms. The Balaban J connectivity index is 1.15. The molecule has 14 rings (SSSR count). The predicted molar refractivity (Wildman–Crippen MR) is 270 cm³/mol. The number of para-hydroxylation sites is 2. The van der Waals surface area contributed by atoms with E-state index in [2.05, 4.69) is 218 Å². The van der Waals surface area contributed by atoms with Crippen molar-refractivity contribution in [1.29, 1.82) is 0 Å². The molecule has 2 nitrogen and oxygen atoms in total. The van der Waals surface area contributed by atoms with Crippen molar-refractivity contribution in [3.63, 3.8) is 0 Å². The van der Waals surface area contributed by atoms with Crippen molar-refractivity contribution < 1.29 is 8.83 Å². The molecule has 0 fully saturated rings. The molecule has 0 bridgehead atoms. The minimum Gasteiger partial charge on any atom is -0.456 e. The molecular formula is C63H38O2. The maximum absolute atomic E-state index is 6.50. The van der Waals surface area contributed by atoms with Gasteiger partial charge in [-0.05, 0) is 119 Å². The molecule has 2 aromatic heterocycles. The number of hydrogen-bond donors (Lipinski definition) is 0. The zero-order valence-electron chi connectivity index (χ0n) is 35.3. The lowest BCUT2D eigenvalue weighted by Crippen LogP contribution is -2.28. The molecule has 13 aromatic rings. The summed E-state index contributed by atoms with van der Waals surface area (Å²) in [5.74, 6) is 0.